The van der Waals surface area contributed by atoms with Gasteiger partial charge in [0, 0.05) is 11.6 Å². The maximum atomic E-state index is 12.8. The first-order chi connectivity index (χ1) is 14.7. The molecule has 0 radical (unpaired) electrons. The molecular weight excluding hydrogens is 463 g/mol. The SMILES string of the molecule is O=C(O)CNCc1ccc(S(=O)(=O)Nc2ccccc2Oc2ccc(Cl)cc2Cl)cc1. The van der Waals surface area contributed by atoms with Gasteiger partial charge in [-0.05, 0) is 48.0 Å². The van der Waals surface area contributed by atoms with Crippen molar-refractivity contribution in [1.82, 2.24) is 5.32 Å². The lowest BCUT2D eigenvalue weighted by Crippen LogP contribution is -2.21. The van der Waals surface area contributed by atoms with Gasteiger partial charge in [0.25, 0.3) is 10.0 Å². The number of aliphatic carboxylic acids is 1. The normalized spacial score (nSPS) is 11.2. The Kier molecular flexibility index (Phi) is 7.40. The van der Waals surface area contributed by atoms with Gasteiger partial charge in [-0.1, -0.05) is 47.5 Å². The van der Waals surface area contributed by atoms with Crippen LogP contribution in [0.1, 0.15) is 5.56 Å². The fourth-order valence-corrected chi connectivity index (χ4v) is 4.14. The average Bonchev–Trinajstić information content (AvgIpc) is 2.71. The number of hydrogen-bond donors (Lipinski definition) is 3. The van der Waals surface area contributed by atoms with Crippen molar-refractivity contribution in [3.8, 4) is 11.5 Å². The molecule has 0 saturated carbocycles. The lowest BCUT2D eigenvalue weighted by molar-refractivity contribution is -0.136. The number of sulfonamides is 1. The second-order valence-electron chi connectivity index (χ2n) is 6.42. The van der Waals surface area contributed by atoms with Crippen LogP contribution in [0.25, 0.3) is 0 Å². The molecule has 31 heavy (non-hydrogen) atoms. The molecule has 0 aliphatic rings. The lowest BCUT2D eigenvalue weighted by atomic mass is 10.2. The van der Waals surface area contributed by atoms with Crippen LogP contribution in [-0.4, -0.2) is 26.0 Å². The first kappa shape index (κ1) is 22.9. The molecule has 0 fully saturated rings. The topological polar surface area (TPSA) is 105 Å². The number of carboxylic acid groups (broad SMARTS) is 1. The highest BCUT2D eigenvalue weighted by Crippen LogP contribution is 2.35. The Labute approximate surface area is 189 Å². The molecule has 0 saturated heterocycles. The Morgan fingerprint density at radius 2 is 1.68 bits per heavy atom. The summed E-state index contributed by atoms with van der Waals surface area (Å²) in [6.45, 7) is 0.120. The second kappa shape index (κ2) is 10.0. The van der Waals surface area contributed by atoms with E-state index in [9.17, 15) is 13.2 Å². The van der Waals surface area contributed by atoms with Crippen LogP contribution in [0.15, 0.2) is 71.6 Å². The molecule has 3 N–H and O–H groups in total. The van der Waals surface area contributed by atoms with Crippen molar-refractivity contribution in [3.63, 3.8) is 0 Å². The zero-order valence-electron chi connectivity index (χ0n) is 16.0. The molecule has 3 rings (SSSR count). The number of hydrogen-bond acceptors (Lipinski definition) is 5. The Morgan fingerprint density at radius 1 is 0.968 bits per heavy atom. The standard InChI is InChI=1S/C21H18Cl2N2O5S/c22-15-7-10-19(17(23)11-15)30-20-4-2-1-3-18(20)25-31(28,29)16-8-5-14(6-9-16)12-24-13-21(26)27/h1-11,24-25H,12-13H2,(H,26,27). The van der Waals surface area contributed by atoms with E-state index >= 15 is 0 Å². The number of carbonyl (C=O) groups is 1. The molecule has 0 heterocycles. The van der Waals surface area contributed by atoms with Gasteiger partial charge < -0.3 is 15.2 Å². The molecule has 0 amide bonds. The van der Waals surface area contributed by atoms with Crippen LogP contribution in [0.4, 0.5) is 5.69 Å². The van der Waals surface area contributed by atoms with Gasteiger partial charge in [-0.2, -0.15) is 0 Å². The van der Waals surface area contributed by atoms with Crippen molar-refractivity contribution in [2.24, 2.45) is 0 Å². The van der Waals surface area contributed by atoms with E-state index in [0.29, 0.717) is 17.3 Å². The Balaban J connectivity index is 1.76. The third kappa shape index (κ3) is 6.35. The molecule has 0 bridgehead atoms. The van der Waals surface area contributed by atoms with E-state index in [-0.39, 0.29) is 27.9 Å². The van der Waals surface area contributed by atoms with Crippen molar-refractivity contribution in [1.29, 1.82) is 0 Å². The zero-order valence-corrected chi connectivity index (χ0v) is 18.3. The number of halogens is 2. The van der Waals surface area contributed by atoms with E-state index in [1.54, 1.807) is 48.5 Å². The highest BCUT2D eigenvalue weighted by Gasteiger charge is 2.17. The van der Waals surface area contributed by atoms with Gasteiger partial charge in [-0.3, -0.25) is 9.52 Å². The quantitative estimate of drug-likeness (QED) is 0.407. The maximum Gasteiger partial charge on any atom is 0.317 e. The van der Waals surface area contributed by atoms with E-state index in [1.807, 2.05) is 0 Å². The maximum absolute atomic E-state index is 12.8. The van der Waals surface area contributed by atoms with Gasteiger partial charge in [0.1, 0.15) is 5.75 Å². The summed E-state index contributed by atoms with van der Waals surface area (Å²) < 4.78 is 34.0. The second-order valence-corrected chi connectivity index (χ2v) is 8.95. The van der Waals surface area contributed by atoms with E-state index in [0.717, 1.165) is 5.56 Å². The molecule has 0 aromatic heterocycles. The van der Waals surface area contributed by atoms with Gasteiger partial charge in [0.15, 0.2) is 5.75 Å². The molecule has 0 atom stereocenters. The van der Waals surface area contributed by atoms with Crippen LogP contribution >= 0.6 is 23.2 Å². The Morgan fingerprint density at radius 3 is 2.35 bits per heavy atom. The molecule has 162 valence electrons. The van der Waals surface area contributed by atoms with Gasteiger partial charge in [0.2, 0.25) is 0 Å². The van der Waals surface area contributed by atoms with Crippen LogP contribution < -0.4 is 14.8 Å². The van der Waals surface area contributed by atoms with Gasteiger partial charge in [-0.15, -0.1) is 0 Å². The van der Waals surface area contributed by atoms with Gasteiger partial charge in [-0.25, -0.2) is 8.42 Å². The fourth-order valence-electron chi connectivity index (χ4n) is 2.62. The molecule has 3 aromatic rings. The number of ether oxygens (including phenoxy) is 1. The first-order valence-electron chi connectivity index (χ1n) is 9.01. The molecular formula is C21H18Cl2N2O5S. The smallest absolute Gasteiger partial charge is 0.317 e. The molecule has 10 heteroatoms. The number of para-hydroxylation sites is 2. The Bertz CT molecular complexity index is 1180. The van der Waals surface area contributed by atoms with Gasteiger partial charge >= 0.3 is 5.97 Å². The number of nitrogens with one attached hydrogen (secondary N) is 2. The minimum absolute atomic E-state index is 0.0498. The number of rotatable bonds is 9. The number of benzene rings is 3. The van der Waals surface area contributed by atoms with E-state index < -0.39 is 16.0 Å². The molecule has 3 aromatic carbocycles. The third-order valence-corrected chi connectivity index (χ3v) is 6.00. The predicted molar refractivity (Wildman–Crippen MR) is 120 cm³/mol. The number of carboxylic acids is 1. The summed E-state index contributed by atoms with van der Waals surface area (Å²) >= 11 is 12.0. The summed E-state index contributed by atoms with van der Waals surface area (Å²) in [5.74, 6) is -0.370. The fraction of sp³-hybridized carbons (Fsp3) is 0.0952. The molecule has 0 spiro atoms. The van der Waals surface area contributed by atoms with E-state index in [2.05, 4.69) is 10.0 Å². The lowest BCUT2D eigenvalue weighted by Gasteiger charge is -2.14. The van der Waals surface area contributed by atoms with Crippen molar-refractivity contribution in [2.75, 3.05) is 11.3 Å². The largest absolute Gasteiger partial charge is 0.480 e. The molecule has 0 aliphatic heterocycles. The van der Waals surface area contributed by atoms with Crippen LogP contribution in [0.2, 0.25) is 10.0 Å². The summed E-state index contributed by atoms with van der Waals surface area (Å²) in [5.41, 5.74) is 0.988. The van der Waals surface area contributed by atoms with E-state index in [1.165, 1.54) is 18.2 Å². The highest BCUT2D eigenvalue weighted by atomic mass is 35.5. The summed E-state index contributed by atoms with van der Waals surface area (Å²) in [5, 5.41) is 12.1. The van der Waals surface area contributed by atoms with Crippen molar-refractivity contribution >= 4 is 44.9 Å². The van der Waals surface area contributed by atoms with Crippen LogP contribution in [-0.2, 0) is 21.4 Å². The minimum Gasteiger partial charge on any atom is -0.480 e. The average molecular weight is 481 g/mol. The summed E-state index contributed by atoms with van der Waals surface area (Å²) in [7, 11) is -3.89. The minimum atomic E-state index is -3.89. The van der Waals surface area contributed by atoms with Gasteiger partial charge in [0.05, 0.1) is 22.2 Å². The first-order valence-corrected chi connectivity index (χ1v) is 11.2. The molecule has 7 nitrogen and oxygen atoms in total. The van der Waals surface area contributed by atoms with Crippen LogP contribution in [0, 0.1) is 0 Å². The highest BCUT2D eigenvalue weighted by molar-refractivity contribution is 7.92. The van der Waals surface area contributed by atoms with Crippen molar-refractivity contribution in [3.05, 3.63) is 82.3 Å². The third-order valence-electron chi connectivity index (χ3n) is 4.08. The van der Waals surface area contributed by atoms with Crippen molar-refractivity contribution in [2.45, 2.75) is 11.4 Å². The predicted octanol–water partition coefficient (Wildman–Crippen LogP) is 4.76. The molecule has 0 unspecified atom stereocenters. The van der Waals surface area contributed by atoms with E-state index in [4.69, 9.17) is 33.0 Å². The van der Waals surface area contributed by atoms with Crippen molar-refractivity contribution < 1.29 is 23.1 Å². The summed E-state index contributed by atoms with van der Waals surface area (Å²) in [6, 6.07) is 17.4. The summed E-state index contributed by atoms with van der Waals surface area (Å²) in [6.07, 6.45) is 0. The monoisotopic (exact) mass is 480 g/mol. The Hall–Kier alpha value is -2.78. The van der Waals surface area contributed by atoms with Crippen LogP contribution in [0.5, 0.6) is 11.5 Å². The number of anilines is 1. The molecule has 0 aliphatic carbocycles. The zero-order chi connectivity index (χ0) is 22.4. The van der Waals surface area contributed by atoms with Crippen LogP contribution in [0.3, 0.4) is 0 Å². The summed E-state index contributed by atoms with van der Waals surface area (Å²) in [4.78, 5) is 10.6.